The van der Waals surface area contributed by atoms with Crippen molar-refractivity contribution in [2.45, 2.75) is 0 Å². The third kappa shape index (κ3) is 2.58. The molecule has 2 heterocycles. The zero-order valence-electron chi connectivity index (χ0n) is 10.3. The minimum atomic E-state index is -0.564. The minimum Gasteiger partial charge on any atom is -0.438 e. The van der Waals surface area contributed by atoms with Crippen molar-refractivity contribution in [1.29, 1.82) is 0 Å². The van der Waals surface area contributed by atoms with Crippen molar-refractivity contribution in [2.24, 2.45) is 0 Å². The summed E-state index contributed by atoms with van der Waals surface area (Å²) in [4.78, 5) is 19.0. The fraction of sp³-hybridized carbons (Fsp3) is 0. The van der Waals surface area contributed by atoms with Gasteiger partial charge in [0.15, 0.2) is 0 Å². The van der Waals surface area contributed by atoms with E-state index >= 15 is 0 Å². The van der Waals surface area contributed by atoms with Crippen LogP contribution in [-0.4, -0.2) is 14.9 Å². The van der Waals surface area contributed by atoms with Gasteiger partial charge in [0.2, 0.25) is 11.8 Å². The Hall–Kier alpha value is -2.45. The molecule has 0 saturated carbocycles. The van der Waals surface area contributed by atoms with Crippen molar-refractivity contribution in [3.05, 3.63) is 44.8 Å². The summed E-state index contributed by atoms with van der Waals surface area (Å²) < 4.78 is 5.61. The van der Waals surface area contributed by atoms with Crippen LogP contribution >= 0.6 is 22.9 Å². The SMILES string of the molecule is Nc1nc(Oc2ccc([N+](=O)[O-])c(Cl)c2)c2ccsc2n1. The van der Waals surface area contributed by atoms with Crippen LogP contribution in [0.2, 0.25) is 5.02 Å². The number of benzene rings is 1. The van der Waals surface area contributed by atoms with Gasteiger partial charge in [-0.2, -0.15) is 4.98 Å². The standard InChI is InChI=1S/C12H7ClN4O3S/c13-8-5-6(1-2-9(8)17(18)19)20-10-7-3-4-21-11(7)16-12(14)15-10/h1-5H,(H2,14,15,16). The molecule has 2 aromatic heterocycles. The molecule has 1 aromatic carbocycles. The van der Waals surface area contributed by atoms with Gasteiger partial charge in [-0.1, -0.05) is 11.6 Å². The zero-order valence-corrected chi connectivity index (χ0v) is 11.9. The number of nitrogen functional groups attached to an aromatic ring is 1. The largest absolute Gasteiger partial charge is 0.438 e. The van der Waals surface area contributed by atoms with Gasteiger partial charge in [0.25, 0.3) is 5.69 Å². The van der Waals surface area contributed by atoms with E-state index in [-0.39, 0.29) is 22.5 Å². The Morgan fingerprint density at radius 2 is 2.14 bits per heavy atom. The lowest BCUT2D eigenvalue weighted by Gasteiger charge is -2.06. The highest BCUT2D eigenvalue weighted by atomic mass is 35.5. The molecule has 0 aliphatic rings. The number of rotatable bonds is 3. The summed E-state index contributed by atoms with van der Waals surface area (Å²) in [6, 6.07) is 5.88. The smallest absolute Gasteiger partial charge is 0.288 e. The van der Waals surface area contributed by atoms with Crippen molar-refractivity contribution >= 4 is 44.8 Å². The summed E-state index contributed by atoms with van der Waals surface area (Å²) in [5.74, 6) is 0.702. The number of fused-ring (bicyclic) bond motifs is 1. The summed E-state index contributed by atoms with van der Waals surface area (Å²) in [7, 11) is 0. The fourth-order valence-corrected chi connectivity index (χ4v) is 2.73. The van der Waals surface area contributed by atoms with E-state index in [4.69, 9.17) is 22.1 Å². The number of thiophene rings is 1. The normalized spacial score (nSPS) is 10.7. The van der Waals surface area contributed by atoms with Crippen molar-refractivity contribution in [3.63, 3.8) is 0 Å². The number of ether oxygens (including phenoxy) is 1. The Kier molecular flexibility index (Phi) is 3.32. The molecule has 0 saturated heterocycles. The lowest BCUT2D eigenvalue weighted by Crippen LogP contribution is -1.97. The van der Waals surface area contributed by atoms with Crippen molar-refractivity contribution in [3.8, 4) is 11.6 Å². The molecule has 0 unspecified atom stereocenters. The Balaban J connectivity index is 2.00. The van der Waals surface area contributed by atoms with Crippen LogP contribution in [0.4, 0.5) is 11.6 Å². The summed E-state index contributed by atoms with van der Waals surface area (Å²) in [6.07, 6.45) is 0. The van der Waals surface area contributed by atoms with Crippen molar-refractivity contribution in [1.82, 2.24) is 9.97 Å². The van der Waals surface area contributed by atoms with E-state index < -0.39 is 4.92 Å². The van der Waals surface area contributed by atoms with Gasteiger partial charge in [-0.3, -0.25) is 10.1 Å². The number of nitrogens with two attached hydrogens (primary N) is 1. The molecule has 106 valence electrons. The highest BCUT2D eigenvalue weighted by Crippen LogP contribution is 2.34. The highest BCUT2D eigenvalue weighted by Gasteiger charge is 2.15. The Morgan fingerprint density at radius 3 is 2.86 bits per heavy atom. The average molecular weight is 323 g/mol. The van der Waals surface area contributed by atoms with Crippen LogP contribution in [0.1, 0.15) is 0 Å². The second-order valence-corrected chi connectivity index (χ2v) is 5.30. The fourth-order valence-electron chi connectivity index (χ4n) is 1.73. The predicted molar refractivity (Wildman–Crippen MR) is 80.0 cm³/mol. The molecule has 7 nitrogen and oxygen atoms in total. The maximum Gasteiger partial charge on any atom is 0.288 e. The van der Waals surface area contributed by atoms with Crippen LogP contribution in [0, 0.1) is 10.1 Å². The molecule has 9 heteroatoms. The molecular formula is C12H7ClN4O3S. The molecule has 3 aromatic rings. The van der Waals surface area contributed by atoms with Crippen molar-refractivity contribution in [2.75, 3.05) is 5.73 Å². The first-order chi connectivity index (χ1) is 10.0. The Bertz CT molecular complexity index is 852. The molecule has 2 N–H and O–H groups in total. The molecule has 0 atom stereocenters. The topological polar surface area (TPSA) is 104 Å². The van der Waals surface area contributed by atoms with E-state index in [2.05, 4.69) is 9.97 Å². The Labute approximate surface area is 127 Å². The number of nitro groups is 1. The molecule has 0 spiro atoms. The summed E-state index contributed by atoms with van der Waals surface area (Å²) >= 11 is 7.25. The number of nitrogens with zero attached hydrogens (tertiary/aromatic N) is 3. The van der Waals surface area contributed by atoms with Gasteiger partial charge in [-0.25, -0.2) is 4.98 Å². The number of hydrogen-bond donors (Lipinski definition) is 1. The molecule has 0 amide bonds. The van der Waals surface area contributed by atoms with Crippen molar-refractivity contribution < 1.29 is 9.66 Å². The van der Waals surface area contributed by atoms with Crippen LogP contribution in [0.3, 0.4) is 0 Å². The monoisotopic (exact) mass is 322 g/mol. The van der Waals surface area contributed by atoms with Crippen LogP contribution in [-0.2, 0) is 0 Å². The van der Waals surface area contributed by atoms with Gasteiger partial charge in [0.1, 0.15) is 15.6 Å². The zero-order chi connectivity index (χ0) is 15.0. The average Bonchev–Trinajstić information content (AvgIpc) is 2.86. The molecule has 0 aliphatic carbocycles. The maximum absolute atomic E-state index is 10.7. The van der Waals surface area contributed by atoms with Gasteiger partial charge < -0.3 is 10.5 Å². The van der Waals surface area contributed by atoms with Crippen LogP contribution < -0.4 is 10.5 Å². The van der Waals surface area contributed by atoms with Crippen LogP contribution in [0.15, 0.2) is 29.6 Å². The second kappa shape index (κ2) is 5.15. The van der Waals surface area contributed by atoms with E-state index in [9.17, 15) is 10.1 Å². The van der Waals surface area contributed by atoms with E-state index in [1.54, 1.807) is 0 Å². The minimum absolute atomic E-state index is 0.0129. The van der Waals surface area contributed by atoms with E-state index in [0.29, 0.717) is 16.0 Å². The molecule has 0 aliphatic heterocycles. The third-order valence-corrected chi connectivity index (χ3v) is 3.75. The summed E-state index contributed by atoms with van der Waals surface area (Å²) in [6.45, 7) is 0. The molecule has 0 radical (unpaired) electrons. The lowest BCUT2D eigenvalue weighted by atomic mass is 10.3. The lowest BCUT2D eigenvalue weighted by molar-refractivity contribution is -0.384. The van der Waals surface area contributed by atoms with E-state index in [1.165, 1.54) is 29.5 Å². The van der Waals surface area contributed by atoms with Gasteiger partial charge >= 0.3 is 0 Å². The predicted octanol–water partition coefficient (Wildman–Crippen LogP) is 3.63. The number of aromatic nitrogens is 2. The first-order valence-electron chi connectivity index (χ1n) is 5.67. The number of hydrogen-bond acceptors (Lipinski definition) is 7. The van der Waals surface area contributed by atoms with Gasteiger partial charge in [0.05, 0.1) is 10.3 Å². The summed E-state index contributed by atoms with van der Waals surface area (Å²) in [5, 5.41) is 13.3. The third-order valence-electron chi connectivity index (χ3n) is 2.64. The number of halogens is 1. The molecule has 3 rings (SSSR count). The number of nitro benzene ring substituents is 1. The van der Waals surface area contributed by atoms with Gasteiger partial charge in [-0.15, -0.1) is 11.3 Å². The summed E-state index contributed by atoms with van der Waals surface area (Å²) in [5.41, 5.74) is 5.43. The first-order valence-corrected chi connectivity index (χ1v) is 6.93. The van der Waals surface area contributed by atoms with Gasteiger partial charge in [0, 0.05) is 12.1 Å². The Morgan fingerprint density at radius 1 is 1.33 bits per heavy atom. The maximum atomic E-state index is 10.7. The molecule has 0 fully saturated rings. The van der Waals surface area contributed by atoms with Crippen LogP contribution in [0.25, 0.3) is 10.2 Å². The highest BCUT2D eigenvalue weighted by molar-refractivity contribution is 7.16. The van der Waals surface area contributed by atoms with E-state index in [1.807, 2.05) is 11.4 Å². The van der Waals surface area contributed by atoms with Gasteiger partial charge in [-0.05, 0) is 17.5 Å². The molecule has 0 bridgehead atoms. The second-order valence-electron chi connectivity index (χ2n) is 4.00. The number of anilines is 1. The van der Waals surface area contributed by atoms with E-state index in [0.717, 1.165) is 0 Å². The molecule has 21 heavy (non-hydrogen) atoms. The van der Waals surface area contributed by atoms with Crippen LogP contribution in [0.5, 0.6) is 11.6 Å². The first kappa shape index (κ1) is 13.5. The molecular weight excluding hydrogens is 316 g/mol. The quantitative estimate of drug-likeness (QED) is 0.583.